The fraction of sp³-hybridized carbons (Fsp3) is 0.750. The van der Waals surface area contributed by atoms with Gasteiger partial charge in [0.1, 0.15) is 0 Å². The van der Waals surface area contributed by atoms with Crippen LogP contribution in [-0.4, -0.2) is 20.1 Å². The molecular weight excluding hydrogens is 235 g/mol. The van der Waals surface area contributed by atoms with E-state index in [2.05, 4.69) is 11.5 Å². The zero-order chi connectivity index (χ0) is 7.58. The van der Waals surface area contributed by atoms with Crippen LogP contribution in [0.4, 0.5) is 0 Å². The molecule has 0 aromatic rings. The molecule has 0 aliphatic rings. The molecule has 0 heterocycles. The number of carboxylic acid groups (broad SMARTS) is 1. The molecule has 0 saturated heterocycles. The molecular formula is C4H15IN2O2. The Morgan fingerprint density at radius 1 is 1.22 bits per heavy atom. The van der Waals surface area contributed by atoms with Crippen molar-refractivity contribution in [2.24, 2.45) is 0 Å². The predicted octanol–water partition coefficient (Wildman–Crippen LogP) is -6.52. The number of carboxylic acids is 1. The highest BCUT2D eigenvalue weighted by Gasteiger charge is 1.46. The minimum Gasteiger partial charge on any atom is -1.00 e. The summed E-state index contributed by atoms with van der Waals surface area (Å²) in [5, 5.41) is 8.89. The molecule has 0 rings (SSSR count). The molecule has 4 nitrogen and oxygen atoms in total. The first-order chi connectivity index (χ1) is 3.73. The van der Waals surface area contributed by atoms with Gasteiger partial charge >= 0.3 is 0 Å². The smallest absolute Gasteiger partial charge is 0.0634 e. The molecule has 0 spiro atoms. The van der Waals surface area contributed by atoms with Crippen LogP contribution in [0.5, 0.6) is 0 Å². The van der Waals surface area contributed by atoms with E-state index in [-0.39, 0.29) is 24.0 Å². The van der Waals surface area contributed by atoms with Gasteiger partial charge in [0.2, 0.25) is 0 Å². The molecule has 0 bridgehead atoms. The Balaban J connectivity index is -0.0000000221. The second-order valence-corrected chi connectivity index (χ2v) is 0.492. The van der Waals surface area contributed by atoms with E-state index >= 15 is 0 Å². The van der Waals surface area contributed by atoms with Gasteiger partial charge < -0.3 is 45.3 Å². The van der Waals surface area contributed by atoms with Crippen molar-refractivity contribution in [3.05, 3.63) is 0 Å². The maximum absolute atomic E-state index is 8.89. The zero-order valence-corrected chi connectivity index (χ0v) is 8.27. The minimum absolute atomic E-state index is 0. The van der Waals surface area contributed by atoms with Crippen molar-refractivity contribution < 1.29 is 45.3 Å². The van der Waals surface area contributed by atoms with Crippen LogP contribution in [-0.2, 0) is 4.79 Å². The molecule has 0 saturated carbocycles. The number of halogens is 1. The van der Waals surface area contributed by atoms with Crippen LogP contribution in [0.15, 0.2) is 0 Å². The molecule has 0 radical (unpaired) electrons. The first-order valence-corrected chi connectivity index (χ1v) is 2.32. The van der Waals surface area contributed by atoms with Crippen LogP contribution in [0.1, 0.15) is 6.92 Å². The summed E-state index contributed by atoms with van der Waals surface area (Å²) < 4.78 is 0. The third-order valence-corrected chi connectivity index (χ3v) is 0. The summed E-state index contributed by atoms with van der Waals surface area (Å²) in [4.78, 5) is 8.89. The lowest BCUT2D eigenvalue weighted by Gasteiger charge is -1.77. The molecule has 9 heavy (non-hydrogen) atoms. The van der Waals surface area contributed by atoms with Gasteiger partial charge in [-0.3, -0.25) is 0 Å². The molecule has 5 heteroatoms. The largest absolute Gasteiger partial charge is 1.00 e. The Labute approximate surface area is 72.6 Å². The number of aliphatic carboxylic acids is 1. The fourth-order valence-electron chi connectivity index (χ4n) is 0. The Morgan fingerprint density at radius 3 is 1.22 bits per heavy atom. The highest BCUT2D eigenvalue weighted by atomic mass is 127. The number of carbonyl (C=O) groups excluding carboxylic acids is 1. The minimum atomic E-state index is -1.08. The van der Waals surface area contributed by atoms with Gasteiger partial charge in [-0.05, 0) is 6.92 Å². The lowest BCUT2D eigenvalue weighted by molar-refractivity contribution is -0.325. The Morgan fingerprint density at radius 2 is 1.22 bits per heavy atom. The van der Waals surface area contributed by atoms with Gasteiger partial charge in [-0.25, -0.2) is 0 Å². The molecule has 0 aromatic heterocycles. The van der Waals surface area contributed by atoms with E-state index in [1.165, 1.54) is 0 Å². The van der Waals surface area contributed by atoms with Crippen LogP contribution < -0.4 is 40.6 Å². The number of carbonyl (C=O) groups is 1. The Bertz CT molecular complexity index is 39.5. The van der Waals surface area contributed by atoms with Crippen molar-refractivity contribution in [1.82, 2.24) is 0 Å². The van der Waals surface area contributed by atoms with Gasteiger partial charge in [-0.2, -0.15) is 0 Å². The number of quaternary nitrogens is 2. The lowest BCUT2D eigenvalue weighted by Crippen LogP contribution is -3.00. The van der Waals surface area contributed by atoms with Gasteiger partial charge in [0.15, 0.2) is 0 Å². The number of hydrogen-bond acceptors (Lipinski definition) is 2. The standard InChI is InChI=1S/C2H4O2.2CH5N.HI/c1-2(3)4;2*1-2;/h1H3,(H,3,4);2*2H2,1H3;1H. The average Bonchev–Trinajstić information content (AvgIpc) is 1.75. The van der Waals surface area contributed by atoms with E-state index in [4.69, 9.17) is 9.90 Å². The van der Waals surface area contributed by atoms with Crippen molar-refractivity contribution in [1.29, 1.82) is 0 Å². The molecule has 0 amide bonds. The number of hydrogen-bond donors (Lipinski definition) is 2. The molecule has 0 aliphatic carbocycles. The van der Waals surface area contributed by atoms with Gasteiger partial charge in [0.05, 0.1) is 14.1 Å². The van der Waals surface area contributed by atoms with E-state index in [9.17, 15) is 0 Å². The summed E-state index contributed by atoms with van der Waals surface area (Å²) in [5.41, 5.74) is 6.50. The van der Waals surface area contributed by atoms with Crippen molar-refractivity contribution >= 4 is 5.97 Å². The topological polar surface area (TPSA) is 95.4 Å². The Kier molecular flexibility index (Phi) is 108. The van der Waals surface area contributed by atoms with Crippen LogP contribution in [0.3, 0.4) is 0 Å². The van der Waals surface area contributed by atoms with Gasteiger partial charge in [-0.1, -0.05) is 0 Å². The van der Waals surface area contributed by atoms with Crippen molar-refractivity contribution in [2.75, 3.05) is 14.1 Å². The van der Waals surface area contributed by atoms with Crippen LogP contribution in [0.2, 0.25) is 0 Å². The first-order valence-electron chi connectivity index (χ1n) is 2.32. The van der Waals surface area contributed by atoms with Crippen LogP contribution >= 0.6 is 0 Å². The van der Waals surface area contributed by atoms with Crippen molar-refractivity contribution in [2.45, 2.75) is 6.92 Å². The predicted molar refractivity (Wildman–Crippen MR) is 28.3 cm³/mol. The van der Waals surface area contributed by atoms with Gasteiger partial charge in [0, 0.05) is 5.97 Å². The average molecular weight is 250 g/mol. The van der Waals surface area contributed by atoms with E-state index in [0.29, 0.717) is 0 Å². The monoisotopic (exact) mass is 250 g/mol. The molecule has 60 valence electrons. The molecule has 0 fully saturated rings. The summed E-state index contributed by atoms with van der Waals surface area (Å²) in [6.07, 6.45) is 0. The zero-order valence-electron chi connectivity index (χ0n) is 6.11. The lowest BCUT2D eigenvalue weighted by atomic mass is 10.9. The van der Waals surface area contributed by atoms with E-state index in [0.717, 1.165) is 6.92 Å². The maximum atomic E-state index is 8.89. The van der Waals surface area contributed by atoms with Crippen molar-refractivity contribution in [3.63, 3.8) is 0 Å². The van der Waals surface area contributed by atoms with E-state index in [1.54, 1.807) is 14.1 Å². The molecule has 0 aliphatic heterocycles. The second kappa shape index (κ2) is 42.3. The second-order valence-electron chi connectivity index (χ2n) is 0.492. The maximum Gasteiger partial charge on any atom is 0.0634 e. The van der Waals surface area contributed by atoms with Gasteiger partial charge in [0.25, 0.3) is 0 Å². The van der Waals surface area contributed by atoms with E-state index in [1.807, 2.05) is 0 Å². The number of rotatable bonds is 0. The summed E-state index contributed by atoms with van der Waals surface area (Å²) >= 11 is 0. The Hall–Kier alpha value is 0.120. The highest BCUT2D eigenvalue weighted by Crippen LogP contribution is 1.31. The SMILES string of the molecule is CC(=O)[O-].C[NH3+].C[NH3+].[I-]. The van der Waals surface area contributed by atoms with Crippen LogP contribution in [0.25, 0.3) is 0 Å². The van der Waals surface area contributed by atoms with Crippen molar-refractivity contribution in [3.8, 4) is 0 Å². The third kappa shape index (κ3) is 21100. The first kappa shape index (κ1) is 22.9. The summed E-state index contributed by atoms with van der Waals surface area (Å²) in [5.74, 6) is -1.08. The summed E-state index contributed by atoms with van der Waals surface area (Å²) in [6.45, 7) is 0.972. The van der Waals surface area contributed by atoms with E-state index < -0.39 is 5.97 Å². The molecule has 0 unspecified atom stereocenters. The van der Waals surface area contributed by atoms with Crippen LogP contribution in [0, 0.1) is 0 Å². The normalized spacial score (nSPS) is 4.11. The molecule has 6 N–H and O–H groups in total. The highest BCUT2D eigenvalue weighted by molar-refractivity contribution is 5.60. The molecule has 0 aromatic carbocycles. The summed E-state index contributed by atoms with van der Waals surface area (Å²) in [7, 11) is 3.50. The summed E-state index contributed by atoms with van der Waals surface area (Å²) in [6, 6.07) is 0. The molecule has 0 atom stereocenters. The fourth-order valence-corrected chi connectivity index (χ4v) is 0. The third-order valence-electron chi connectivity index (χ3n) is 0. The van der Waals surface area contributed by atoms with Gasteiger partial charge in [-0.15, -0.1) is 0 Å². The quantitative estimate of drug-likeness (QED) is 0.418.